The van der Waals surface area contributed by atoms with E-state index in [-0.39, 0.29) is 6.61 Å². The lowest BCUT2D eigenvalue weighted by molar-refractivity contribution is 0.311. The van der Waals surface area contributed by atoms with Crippen molar-refractivity contribution < 1.29 is 5.11 Å². The van der Waals surface area contributed by atoms with Gasteiger partial charge >= 0.3 is 0 Å². The van der Waals surface area contributed by atoms with E-state index in [2.05, 4.69) is 36.5 Å². The van der Waals surface area contributed by atoms with Crippen LogP contribution in [0.4, 0.5) is 5.82 Å². The summed E-state index contributed by atoms with van der Waals surface area (Å²) in [5.41, 5.74) is 7.76. The zero-order chi connectivity index (χ0) is 16.7. The van der Waals surface area contributed by atoms with Gasteiger partial charge in [0, 0.05) is 23.4 Å². The zero-order valence-electron chi connectivity index (χ0n) is 14.1. The Kier molecular flexibility index (Phi) is 3.73. The predicted molar refractivity (Wildman–Crippen MR) is 95.5 cm³/mol. The average molecular weight is 322 g/mol. The van der Waals surface area contributed by atoms with E-state index < -0.39 is 0 Å². The third-order valence-electron chi connectivity index (χ3n) is 4.71. The molecule has 1 aliphatic rings. The summed E-state index contributed by atoms with van der Waals surface area (Å²) in [7, 11) is 0. The van der Waals surface area contributed by atoms with Gasteiger partial charge in [-0.1, -0.05) is 29.8 Å². The van der Waals surface area contributed by atoms with E-state index >= 15 is 0 Å². The lowest BCUT2D eigenvalue weighted by atomic mass is 10.0. The summed E-state index contributed by atoms with van der Waals surface area (Å²) in [5.74, 6) is 0.989. The number of rotatable bonds is 4. The van der Waals surface area contributed by atoms with Crippen molar-refractivity contribution in [2.75, 3.05) is 18.5 Å². The van der Waals surface area contributed by atoms with Gasteiger partial charge < -0.3 is 10.4 Å². The van der Waals surface area contributed by atoms with Crippen LogP contribution in [0.25, 0.3) is 16.8 Å². The highest BCUT2D eigenvalue weighted by Gasteiger charge is 2.23. The van der Waals surface area contributed by atoms with Crippen LogP contribution in [-0.2, 0) is 12.8 Å². The summed E-state index contributed by atoms with van der Waals surface area (Å²) in [6.07, 6.45) is 3.16. The van der Waals surface area contributed by atoms with Gasteiger partial charge in [0.05, 0.1) is 12.3 Å². The van der Waals surface area contributed by atoms with Gasteiger partial charge in [0.25, 0.3) is 0 Å². The number of aliphatic hydroxyl groups excluding tert-OH is 1. The standard InChI is InChI=1S/C19H22N4O/c1-12-6-8-14(9-7-12)17-13(2)22-23-18(20-10-11-24)15-4-3-5-16(15)21-19(17)23/h6-9,20,24H,3-5,10-11H2,1-2H3. The largest absolute Gasteiger partial charge is 0.395 e. The summed E-state index contributed by atoms with van der Waals surface area (Å²) in [4.78, 5) is 4.94. The molecule has 0 atom stereocenters. The molecule has 0 aliphatic heterocycles. The maximum absolute atomic E-state index is 9.20. The first kappa shape index (κ1) is 15.1. The second kappa shape index (κ2) is 5.91. The van der Waals surface area contributed by atoms with Gasteiger partial charge in [-0.05, 0) is 38.7 Å². The molecule has 0 fully saturated rings. The molecule has 0 spiro atoms. The molecule has 1 aromatic carbocycles. The minimum atomic E-state index is 0.101. The molecule has 2 N–H and O–H groups in total. The summed E-state index contributed by atoms with van der Waals surface area (Å²) >= 11 is 0. The topological polar surface area (TPSA) is 62.5 Å². The van der Waals surface area contributed by atoms with Crippen LogP contribution in [0.5, 0.6) is 0 Å². The third-order valence-corrected chi connectivity index (χ3v) is 4.71. The fraction of sp³-hybridized carbons (Fsp3) is 0.368. The van der Waals surface area contributed by atoms with Crippen LogP contribution in [0.15, 0.2) is 24.3 Å². The van der Waals surface area contributed by atoms with Gasteiger partial charge in [-0.2, -0.15) is 9.61 Å². The number of fused-ring (bicyclic) bond motifs is 2. The van der Waals surface area contributed by atoms with Crippen molar-refractivity contribution in [2.24, 2.45) is 0 Å². The first-order valence-corrected chi connectivity index (χ1v) is 8.52. The van der Waals surface area contributed by atoms with E-state index in [1.54, 1.807) is 0 Å². The van der Waals surface area contributed by atoms with Gasteiger partial charge in [-0.15, -0.1) is 0 Å². The normalized spacial score (nSPS) is 13.5. The highest BCUT2D eigenvalue weighted by molar-refractivity contribution is 5.81. The molecule has 0 radical (unpaired) electrons. The highest BCUT2D eigenvalue weighted by atomic mass is 16.3. The minimum Gasteiger partial charge on any atom is -0.395 e. The molecule has 24 heavy (non-hydrogen) atoms. The van der Waals surface area contributed by atoms with Crippen molar-refractivity contribution in [3.63, 3.8) is 0 Å². The Morgan fingerprint density at radius 1 is 1.17 bits per heavy atom. The lowest BCUT2D eigenvalue weighted by Crippen LogP contribution is -2.13. The number of hydrogen-bond donors (Lipinski definition) is 2. The van der Waals surface area contributed by atoms with Gasteiger partial charge in [0.15, 0.2) is 5.65 Å². The Hall–Kier alpha value is -2.40. The molecule has 5 heteroatoms. The fourth-order valence-corrected chi connectivity index (χ4v) is 3.55. The number of aromatic nitrogens is 3. The van der Waals surface area contributed by atoms with Gasteiger partial charge in [-0.3, -0.25) is 0 Å². The van der Waals surface area contributed by atoms with Crippen molar-refractivity contribution in [3.05, 3.63) is 46.8 Å². The molecule has 0 saturated carbocycles. The van der Waals surface area contributed by atoms with Gasteiger partial charge in [0.1, 0.15) is 5.82 Å². The van der Waals surface area contributed by atoms with E-state index in [1.807, 2.05) is 11.4 Å². The summed E-state index contributed by atoms with van der Waals surface area (Å²) < 4.78 is 1.92. The Bertz CT molecular complexity index is 896. The number of benzene rings is 1. The Morgan fingerprint density at radius 3 is 2.71 bits per heavy atom. The molecular weight excluding hydrogens is 300 g/mol. The maximum Gasteiger partial charge on any atom is 0.165 e. The third kappa shape index (κ3) is 2.36. The Balaban J connectivity index is 1.96. The molecular formula is C19H22N4O. The molecule has 0 unspecified atom stereocenters. The number of hydrogen-bond acceptors (Lipinski definition) is 4. The van der Waals surface area contributed by atoms with Crippen molar-refractivity contribution >= 4 is 11.5 Å². The second-order valence-corrected chi connectivity index (χ2v) is 6.45. The van der Waals surface area contributed by atoms with E-state index in [0.29, 0.717) is 6.54 Å². The lowest BCUT2D eigenvalue weighted by Gasteiger charge is -2.12. The Morgan fingerprint density at radius 2 is 1.96 bits per heavy atom. The van der Waals surface area contributed by atoms with Crippen LogP contribution >= 0.6 is 0 Å². The fourth-order valence-electron chi connectivity index (χ4n) is 3.55. The molecule has 124 valence electrons. The summed E-state index contributed by atoms with van der Waals surface area (Å²) in [6.45, 7) is 4.74. The highest BCUT2D eigenvalue weighted by Crippen LogP contribution is 2.34. The van der Waals surface area contributed by atoms with Crippen LogP contribution in [-0.4, -0.2) is 32.9 Å². The quantitative estimate of drug-likeness (QED) is 0.775. The molecule has 2 aromatic heterocycles. The number of nitrogens with one attached hydrogen (secondary N) is 1. The van der Waals surface area contributed by atoms with Gasteiger partial charge in [-0.25, -0.2) is 4.98 Å². The van der Waals surface area contributed by atoms with Crippen molar-refractivity contribution in [3.8, 4) is 11.1 Å². The van der Waals surface area contributed by atoms with Gasteiger partial charge in [0.2, 0.25) is 0 Å². The SMILES string of the molecule is Cc1ccc(-c2c(C)nn3c(NCCO)c4c(nc23)CCC4)cc1. The molecule has 0 saturated heterocycles. The molecule has 0 amide bonds. The first-order chi connectivity index (χ1) is 11.7. The molecule has 3 aromatic rings. The molecule has 2 heterocycles. The maximum atomic E-state index is 9.20. The number of aliphatic hydroxyl groups is 1. The average Bonchev–Trinajstić information content (AvgIpc) is 3.16. The molecule has 0 bridgehead atoms. The van der Waals surface area contributed by atoms with Crippen LogP contribution in [0.2, 0.25) is 0 Å². The zero-order valence-corrected chi connectivity index (χ0v) is 14.1. The van der Waals surface area contributed by atoms with Crippen LogP contribution in [0.1, 0.15) is 28.9 Å². The van der Waals surface area contributed by atoms with E-state index in [1.165, 1.54) is 11.1 Å². The monoisotopic (exact) mass is 322 g/mol. The second-order valence-electron chi connectivity index (χ2n) is 6.45. The molecule has 5 nitrogen and oxygen atoms in total. The summed E-state index contributed by atoms with van der Waals surface area (Å²) in [5, 5.41) is 17.3. The first-order valence-electron chi connectivity index (χ1n) is 8.52. The number of nitrogens with zero attached hydrogens (tertiary/aromatic N) is 3. The minimum absolute atomic E-state index is 0.101. The smallest absolute Gasteiger partial charge is 0.165 e. The van der Waals surface area contributed by atoms with Crippen molar-refractivity contribution in [1.29, 1.82) is 0 Å². The molecule has 4 rings (SSSR count). The predicted octanol–water partition coefficient (Wildman–Crippen LogP) is 2.91. The number of anilines is 1. The van der Waals surface area contributed by atoms with E-state index in [0.717, 1.165) is 53.2 Å². The molecule has 1 aliphatic carbocycles. The number of aryl methyl sites for hydroxylation is 3. The van der Waals surface area contributed by atoms with E-state index in [4.69, 9.17) is 10.1 Å². The van der Waals surface area contributed by atoms with Crippen LogP contribution in [0.3, 0.4) is 0 Å². The van der Waals surface area contributed by atoms with Crippen LogP contribution in [0, 0.1) is 13.8 Å². The van der Waals surface area contributed by atoms with E-state index in [9.17, 15) is 5.11 Å². The van der Waals surface area contributed by atoms with Crippen molar-refractivity contribution in [2.45, 2.75) is 33.1 Å². The summed E-state index contributed by atoms with van der Waals surface area (Å²) in [6, 6.07) is 8.51. The van der Waals surface area contributed by atoms with Crippen LogP contribution < -0.4 is 5.32 Å². The Labute approximate surface area is 141 Å². The van der Waals surface area contributed by atoms with Crippen molar-refractivity contribution in [1.82, 2.24) is 14.6 Å².